The Morgan fingerprint density at radius 1 is 1.00 bits per heavy atom. The first-order valence-electron chi connectivity index (χ1n) is 8.26. The summed E-state index contributed by atoms with van der Waals surface area (Å²) in [5.74, 6) is -2.32. The normalized spacial score (nSPS) is 16.8. The van der Waals surface area contributed by atoms with Crippen LogP contribution in [0.3, 0.4) is 0 Å². The van der Waals surface area contributed by atoms with E-state index in [0.717, 1.165) is 19.3 Å². The summed E-state index contributed by atoms with van der Waals surface area (Å²) in [5, 5.41) is 22.8. The van der Waals surface area contributed by atoms with Gasteiger partial charge < -0.3 is 20.8 Å². The largest absolute Gasteiger partial charge is 0.480 e. The van der Waals surface area contributed by atoms with E-state index in [-0.39, 0.29) is 36.9 Å². The van der Waals surface area contributed by atoms with Gasteiger partial charge in [0.05, 0.1) is 0 Å². The van der Waals surface area contributed by atoms with Crippen LogP contribution in [0.15, 0.2) is 0 Å². The number of carbonyl (C=O) groups is 4. The molecule has 0 unspecified atom stereocenters. The number of amides is 2. The van der Waals surface area contributed by atoms with Gasteiger partial charge in [0.15, 0.2) is 0 Å². The molecule has 0 spiro atoms. The molecule has 0 bridgehead atoms. The van der Waals surface area contributed by atoms with Crippen LogP contribution in [0.25, 0.3) is 0 Å². The average molecular weight is 342 g/mol. The number of hydrogen-bond donors (Lipinski definition) is 4. The summed E-state index contributed by atoms with van der Waals surface area (Å²) in [4.78, 5) is 46.0. The molecule has 2 atom stereocenters. The van der Waals surface area contributed by atoms with E-state index in [9.17, 15) is 19.2 Å². The summed E-state index contributed by atoms with van der Waals surface area (Å²) in [6.07, 6.45) is 3.04. The molecular formula is C16H26N2O6. The molecule has 0 aliphatic heterocycles. The molecule has 1 saturated carbocycles. The summed E-state index contributed by atoms with van der Waals surface area (Å²) in [5.41, 5.74) is 0. The molecule has 2 amide bonds. The van der Waals surface area contributed by atoms with Gasteiger partial charge in [-0.25, -0.2) is 14.4 Å². The van der Waals surface area contributed by atoms with E-state index >= 15 is 0 Å². The summed E-state index contributed by atoms with van der Waals surface area (Å²) >= 11 is 0. The van der Waals surface area contributed by atoms with Gasteiger partial charge in [-0.15, -0.1) is 0 Å². The third-order valence-corrected chi connectivity index (χ3v) is 4.15. The lowest BCUT2D eigenvalue weighted by atomic mass is 9.80. The van der Waals surface area contributed by atoms with Crippen LogP contribution in [0.4, 0.5) is 4.79 Å². The fourth-order valence-corrected chi connectivity index (χ4v) is 2.53. The number of ketones is 1. The molecule has 1 aliphatic rings. The Labute approximate surface area is 141 Å². The summed E-state index contributed by atoms with van der Waals surface area (Å²) in [7, 11) is 0. The third kappa shape index (κ3) is 6.55. The smallest absolute Gasteiger partial charge is 0.326 e. The molecule has 8 nitrogen and oxygen atoms in total. The van der Waals surface area contributed by atoms with E-state index in [4.69, 9.17) is 10.2 Å². The molecule has 0 aromatic carbocycles. The van der Waals surface area contributed by atoms with Crippen LogP contribution in [-0.4, -0.2) is 46.0 Å². The third-order valence-electron chi connectivity index (χ3n) is 4.15. The molecule has 0 aromatic heterocycles. The predicted molar refractivity (Wildman–Crippen MR) is 85.6 cm³/mol. The number of carboxylic acids is 2. The molecular weight excluding hydrogens is 316 g/mol. The molecule has 0 aromatic rings. The second-order valence-corrected chi connectivity index (χ2v) is 6.66. The maximum absolute atomic E-state index is 11.9. The van der Waals surface area contributed by atoms with Crippen LogP contribution in [0, 0.1) is 11.8 Å². The van der Waals surface area contributed by atoms with Crippen LogP contribution in [-0.2, 0) is 14.4 Å². The number of rotatable bonds is 10. The van der Waals surface area contributed by atoms with Crippen molar-refractivity contribution >= 4 is 23.8 Å². The van der Waals surface area contributed by atoms with Gasteiger partial charge >= 0.3 is 18.0 Å². The minimum absolute atomic E-state index is 0.00000528. The van der Waals surface area contributed by atoms with Crippen molar-refractivity contribution in [2.45, 2.75) is 64.5 Å². The number of urea groups is 1. The second kappa shape index (κ2) is 9.24. The van der Waals surface area contributed by atoms with E-state index in [0.29, 0.717) is 0 Å². The first kappa shape index (κ1) is 19.9. The van der Waals surface area contributed by atoms with Crippen molar-refractivity contribution in [3.05, 3.63) is 0 Å². The first-order chi connectivity index (χ1) is 11.2. The number of nitrogens with one attached hydrogen (secondary N) is 2. The van der Waals surface area contributed by atoms with E-state index in [1.54, 1.807) is 0 Å². The van der Waals surface area contributed by atoms with Crippen molar-refractivity contribution in [1.29, 1.82) is 0 Å². The van der Waals surface area contributed by atoms with Crippen LogP contribution >= 0.6 is 0 Å². The first-order valence-corrected chi connectivity index (χ1v) is 8.26. The van der Waals surface area contributed by atoms with Crippen molar-refractivity contribution in [1.82, 2.24) is 10.6 Å². The number of carboxylic acid groups (broad SMARTS) is 2. The summed E-state index contributed by atoms with van der Waals surface area (Å²) in [6.45, 7) is 3.64. The highest BCUT2D eigenvalue weighted by molar-refractivity contribution is 5.87. The monoisotopic (exact) mass is 342 g/mol. The quantitative estimate of drug-likeness (QED) is 0.474. The van der Waals surface area contributed by atoms with Gasteiger partial charge in [-0.2, -0.15) is 0 Å². The Bertz CT molecular complexity index is 487. The highest BCUT2D eigenvalue weighted by atomic mass is 16.4. The Morgan fingerprint density at radius 2 is 1.54 bits per heavy atom. The van der Waals surface area contributed by atoms with Crippen molar-refractivity contribution < 1.29 is 29.4 Å². The van der Waals surface area contributed by atoms with E-state index in [2.05, 4.69) is 10.6 Å². The lowest BCUT2D eigenvalue weighted by molar-refractivity contribution is -0.140. The molecule has 1 rings (SSSR count). The average Bonchev–Trinajstić information content (AvgIpc) is 2.39. The van der Waals surface area contributed by atoms with Gasteiger partial charge in [0.25, 0.3) is 0 Å². The van der Waals surface area contributed by atoms with Crippen molar-refractivity contribution in [3.8, 4) is 0 Å². The van der Waals surface area contributed by atoms with Crippen LogP contribution in [0.1, 0.15) is 52.4 Å². The molecule has 0 heterocycles. The summed E-state index contributed by atoms with van der Waals surface area (Å²) < 4.78 is 0. The SMILES string of the molecule is CC(C)C[C@H](NC(=O)N[C@@H](CCC(=O)C1CCC1)C(=O)O)C(=O)O. The number of hydrogen-bond acceptors (Lipinski definition) is 4. The molecule has 1 fully saturated rings. The van der Waals surface area contributed by atoms with Crippen molar-refractivity contribution in [2.24, 2.45) is 11.8 Å². The number of aliphatic carboxylic acids is 2. The van der Waals surface area contributed by atoms with Gasteiger partial charge in [0.2, 0.25) is 0 Å². The lowest BCUT2D eigenvalue weighted by Gasteiger charge is -2.24. The summed E-state index contributed by atoms with van der Waals surface area (Å²) in [6, 6.07) is -3.16. The van der Waals surface area contributed by atoms with Crippen LogP contribution < -0.4 is 10.6 Å². The molecule has 1 aliphatic carbocycles. The van der Waals surface area contributed by atoms with Gasteiger partial charge in [-0.3, -0.25) is 4.79 Å². The van der Waals surface area contributed by atoms with Crippen molar-refractivity contribution in [2.75, 3.05) is 0 Å². The Morgan fingerprint density at radius 3 is 1.96 bits per heavy atom. The van der Waals surface area contributed by atoms with E-state index < -0.39 is 30.1 Å². The molecule has 0 saturated heterocycles. The number of carbonyl (C=O) groups excluding carboxylic acids is 2. The number of Topliss-reactive ketones (excluding diaryl/α,β-unsaturated/α-hetero) is 1. The zero-order valence-electron chi connectivity index (χ0n) is 14.1. The minimum Gasteiger partial charge on any atom is -0.480 e. The standard InChI is InChI=1S/C16H26N2O6/c1-9(2)8-12(15(22)23)18-16(24)17-11(14(20)21)6-7-13(19)10-4-3-5-10/h9-12H,3-8H2,1-2H3,(H,20,21)(H,22,23)(H2,17,18,24)/t11-,12-/m0/s1. The van der Waals surface area contributed by atoms with Crippen molar-refractivity contribution in [3.63, 3.8) is 0 Å². The van der Waals surface area contributed by atoms with Crippen LogP contribution in [0.2, 0.25) is 0 Å². The maximum Gasteiger partial charge on any atom is 0.326 e. The molecule has 4 N–H and O–H groups in total. The molecule has 24 heavy (non-hydrogen) atoms. The highest BCUT2D eigenvalue weighted by Crippen LogP contribution is 2.28. The Balaban J connectivity index is 2.50. The lowest BCUT2D eigenvalue weighted by Crippen LogP contribution is -2.51. The van der Waals surface area contributed by atoms with E-state index in [1.165, 1.54) is 0 Å². The fourth-order valence-electron chi connectivity index (χ4n) is 2.53. The fraction of sp³-hybridized carbons (Fsp3) is 0.750. The zero-order chi connectivity index (χ0) is 18.3. The van der Waals surface area contributed by atoms with Gasteiger partial charge in [-0.1, -0.05) is 20.3 Å². The Hall–Kier alpha value is -2.12. The molecule has 0 radical (unpaired) electrons. The molecule has 8 heteroatoms. The Kier molecular flexibility index (Phi) is 7.67. The van der Waals surface area contributed by atoms with Gasteiger partial charge in [-0.05, 0) is 31.6 Å². The topological polar surface area (TPSA) is 133 Å². The van der Waals surface area contributed by atoms with E-state index in [1.807, 2.05) is 13.8 Å². The second-order valence-electron chi connectivity index (χ2n) is 6.66. The van der Waals surface area contributed by atoms with Gasteiger partial charge in [0.1, 0.15) is 17.9 Å². The minimum atomic E-state index is -1.25. The predicted octanol–water partition coefficient (Wildman–Crippen LogP) is 1.39. The van der Waals surface area contributed by atoms with Gasteiger partial charge in [0, 0.05) is 12.3 Å². The molecule has 136 valence electrons. The maximum atomic E-state index is 11.9. The van der Waals surface area contributed by atoms with Crippen LogP contribution in [0.5, 0.6) is 0 Å². The highest BCUT2D eigenvalue weighted by Gasteiger charge is 2.28. The zero-order valence-corrected chi connectivity index (χ0v) is 14.1.